The fourth-order valence-electron chi connectivity index (χ4n) is 2.73. The summed E-state index contributed by atoms with van der Waals surface area (Å²) in [5.74, 6) is -0.897. The lowest BCUT2D eigenvalue weighted by molar-refractivity contribution is 0.0977. The van der Waals surface area contributed by atoms with E-state index in [4.69, 9.17) is 35.4 Å². The summed E-state index contributed by atoms with van der Waals surface area (Å²) in [5.41, 5.74) is 2.31. The lowest BCUT2D eigenvalue weighted by Crippen LogP contribution is -2.34. The largest absolute Gasteiger partial charge is 0.331 e. The van der Waals surface area contributed by atoms with Gasteiger partial charge >= 0.3 is 0 Å². The van der Waals surface area contributed by atoms with Crippen molar-refractivity contribution in [2.24, 2.45) is 0 Å². The van der Waals surface area contributed by atoms with Crippen molar-refractivity contribution >= 4 is 73.7 Å². The van der Waals surface area contributed by atoms with E-state index >= 15 is 0 Å². The van der Waals surface area contributed by atoms with E-state index in [1.165, 1.54) is 35.6 Å². The van der Waals surface area contributed by atoms with Gasteiger partial charge in [-0.05, 0) is 60.7 Å². The normalized spacial score (nSPS) is 10.8. The summed E-state index contributed by atoms with van der Waals surface area (Å²) in [6.07, 6.45) is 0. The molecule has 1 heterocycles. The monoisotopic (exact) mass is 475 g/mol. The molecule has 0 spiro atoms. The summed E-state index contributed by atoms with van der Waals surface area (Å²) < 4.78 is 14.1. The standard InChI is InChI=1S/C21H12Cl2FN3OS2/c22-14-10-15(23)17(9-13(14)20-25-16-3-1-2-4-18(16)30-20)26-21(29)27-19(28)11-5-7-12(24)8-6-11/h1-10H,(H2,26,27,28,29). The number of thiazole rings is 1. The Balaban J connectivity index is 1.56. The molecule has 30 heavy (non-hydrogen) atoms. The molecule has 0 fully saturated rings. The summed E-state index contributed by atoms with van der Waals surface area (Å²) in [4.78, 5) is 16.9. The van der Waals surface area contributed by atoms with Gasteiger partial charge in [0.25, 0.3) is 5.91 Å². The number of halogens is 3. The highest BCUT2D eigenvalue weighted by Gasteiger charge is 2.15. The van der Waals surface area contributed by atoms with Crippen molar-refractivity contribution in [3.05, 3.63) is 82.1 Å². The van der Waals surface area contributed by atoms with Crippen molar-refractivity contribution in [3.8, 4) is 10.6 Å². The molecule has 3 aromatic carbocycles. The van der Waals surface area contributed by atoms with E-state index < -0.39 is 11.7 Å². The van der Waals surface area contributed by atoms with E-state index in [9.17, 15) is 9.18 Å². The molecule has 2 N–H and O–H groups in total. The van der Waals surface area contributed by atoms with Crippen LogP contribution in [0.4, 0.5) is 10.1 Å². The number of hydrogen-bond acceptors (Lipinski definition) is 4. The van der Waals surface area contributed by atoms with Crippen molar-refractivity contribution in [2.45, 2.75) is 0 Å². The summed E-state index contributed by atoms with van der Waals surface area (Å²) >= 11 is 19.4. The van der Waals surface area contributed by atoms with Gasteiger partial charge in [0, 0.05) is 11.1 Å². The van der Waals surface area contributed by atoms with Crippen LogP contribution in [-0.4, -0.2) is 16.0 Å². The number of benzene rings is 3. The molecule has 4 aromatic rings. The second kappa shape index (κ2) is 8.65. The summed E-state index contributed by atoms with van der Waals surface area (Å²) in [6, 6.07) is 16.3. The third-order valence-corrected chi connectivity index (χ3v) is 6.06. The predicted octanol–water partition coefficient (Wildman–Crippen LogP) is 6.54. The molecule has 0 radical (unpaired) electrons. The van der Waals surface area contributed by atoms with Gasteiger partial charge in [-0.25, -0.2) is 9.37 Å². The predicted molar refractivity (Wildman–Crippen MR) is 125 cm³/mol. The maximum atomic E-state index is 13.0. The van der Waals surface area contributed by atoms with Gasteiger partial charge in [0.15, 0.2) is 5.11 Å². The number of anilines is 1. The Kier molecular flexibility index (Phi) is 5.97. The number of rotatable bonds is 3. The topological polar surface area (TPSA) is 54.0 Å². The van der Waals surface area contributed by atoms with Crippen LogP contribution in [0.5, 0.6) is 0 Å². The zero-order valence-corrected chi connectivity index (χ0v) is 18.2. The smallest absolute Gasteiger partial charge is 0.257 e. The second-order valence-electron chi connectivity index (χ2n) is 6.21. The van der Waals surface area contributed by atoms with Crippen molar-refractivity contribution in [1.29, 1.82) is 0 Å². The Labute approximate surface area is 190 Å². The molecule has 0 aliphatic heterocycles. The van der Waals surface area contributed by atoms with Gasteiger partial charge in [-0.2, -0.15) is 0 Å². The lowest BCUT2D eigenvalue weighted by atomic mass is 10.2. The first-order chi connectivity index (χ1) is 14.4. The number of carbonyl (C=O) groups excluding carboxylic acids is 1. The molecule has 4 rings (SSSR count). The highest BCUT2D eigenvalue weighted by Crippen LogP contribution is 2.38. The molecular formula is C21H12Cl2FN3OS2. The third kappa shape index (κ3) is 4.44. The van der Waals surface area contributed by atoms with E-state index in [0.717, 1.165) is 15.2 Å². The van der Waals surface area contributed by atoms with Gasteiger partial charge in [-0.1, -0.05) is 35.3 Å². The highest BCUT2D eigenvalue weighted by atomic mass is 35.5. The van der Waals surface area contributed by atoms with E-state index in [1.54, 1.807) is 12.1 Å². The first-order valence-electron chi connectivity index (χ1n) is 8.63. The van der Waals surface area contributed by atoms with Crippen LogP contribution in [0, 0.1) is 5.82 Å². The summed E-state index contributed by atoms with van der Waals surface area (Å²) in [7, 11) is 0. The number of thiocarbonyl (C=S) groups is 1. The fraction of sp³-hybridized carbons (Fsp3) is 0. The van der Waals surface area contributed by atoms with Crippen LogP contribution in [0.1, 0.15) is 10.4 Å². The zero-order valence-electron chi connectivity index (χ0n) is 15.1. The van der Waals surface area contributed by atoms with Gasteiger partial charge in [0.05, 0.1) is 25.9 Å². The van der Waals surface area contributed by atoms with Crippen molar-refractivity contribution in [2.75, 3.05) is 5.32 Å². The molecular weight excluding hydrogens is 464 g/mol. The minimum Gasteiger partial charge on any atom is -0.331 e. The van der Waals surface area contributed by atoms with Crippen molar-refractivity contribution < 1.29 is 9.18 Å². The minimum atomic E-state index is -0.469. The lowest BCUT2D eigenvalue weighted by Gasteiger charge is -2.13. The number of para-hydroxylation sites is 1. The first-order valence-corrected chi connectivity index (χ1v) is 10.6. The minimum absolute atomic E-state index is 0.0452. The van der Waals surface area contributed by atoms with Gasteiger partial charge in [-0.15, -0.1) is 11.3 Å². The molecule has 1 aromatic heterocycles. The van der Waals surface area contributed by atoms with Gasteiger partial charge < -0.3 is 5.32 Å². The van der Waals surface area contributed by atoms with Crippen molar-refractivity contribution in [3.63, 3.8) is 0 Å². The molecule has 4 nitrogen and oxygen atoms in total. The number of hydrogen-bond donors (Lipinski definition) is 2. The van der Waals surface area contributed by atoms with Crippen LogP contribution in [-0.2, 0) is 0 Å². The summed E-state index contributed by atoms with van der Waals surface area (Å²) in [5, 5.41) is 7.02. The Bertz CT molecular complexity index is 1240. The average molecular weight is 476 g/mol. The molecule has 0 bridgehead atoms. The average Bonchev–Trinajstić information content (AvgIpc) is 3.14. The van der Waals surface area contributed by atoms with E-state index in [-0.39, 0.29) is 10.7 Å². The molecule has 0 saturated heterocycles. The number of fused-ring (bicyclic) bond motifs is 1. The molecule has 150 valence electrons. The van der Waals surface area contributed by atoms with Crippen LogP contribution in [0.2, 0.25) is 10.0 Å². The van der Waals surface area contributed by atoms with Crippen LogP contribution >= 0.6 is 46.8 Å². The van der Waals surface area contributed by atoms with E-state index in [1.807, 2.05) is 24.3 Å². The third-order valence-electron chi connectivity index (χ3n) is 4.16. The Morgan fingerprint density at radius 2 is 1.77 bits per heavy atom. The number of nitrogens with one attached hydrogen (secondary N) is 2. The van der Waals surface area contributed by atoms with Gasteiger partial charge in [0.1, 0.15) is 10.8 Å². The Morgan fingerprint density at radius 1 is 1.03 bits per heavy atom. The molecule has 0 aliphatic rings. The maximum absolute atomic E-state index is 13.0. The Hall–Kier alpha value is -2.58. The molecule has 0 unspecified atom stereocenters. The second-order valence-corrected chi connectivity index (χ2v) is 8.47. The summed E-state index contributed by atoms with van der Waals surface area (Å²) in [6.45, 7) is 0. The Morgan fingerprint density at radius 3 is 2.50 bits per heavy atom. The SMILES string of the molecule is O=C(NC(=S)Nc1cc(-c2nc3ccccc3s2)c(Cl)cc1Cl)c1ccc(F)cc1. The molecule has 1 amide bonds. The van der Waals surface area contributed by atoms with Gasteiger partial charge in [-0.3, -0.25) is 10.1 Å². The molecule has 0 atom stereocenters. The van der Waals surface area contributed by atoms with Gasteiger partial charge in [0.2, 0.25) is 0 Å². The van der Waals surface area contributed by atoms with Crippen LogP contribution in [0.25, 0.3) is 20.8 Å². The van der Waals surface area contributed by atoms with Crippen LogP contribution < -0.4 is 10.6 Å². The van der Waals surface area contributed by atoms with E-state index in [0.29, 0.717) is 21.3 Å². The maximum Gasteiger partial charge on any atom is 0.257 e. The fourth-order valence-corrected chi connectivity index (χ4v) is 4.50. The molecule has 0 aliphatic carbocycles. The van der Waals surface area contributed by atoms with Crippen LogP contribution in [0.15, 0.2) is 60.7 Å². The zero-order chi connectivity index (χ0) is 21.3. The molecule has 9 heteroatoms. The number of aromatic nitrogens is 1. The number of amides is 1. The van der Waals surface area contributed by atoms with Crippen molar-refractivity contribution in [1.82, 2.24) is 10.3 Å². The van der Waals surface area contributed by atoms with Crippen LogP contribution in [0.3, 0.4) is 0 Å². The molecule has 0 saturated carbocycles. The number of nitrogens with zero attached hydrogens (tertiary/aromatic N) is 1. The first kappa shape index (κ1) is 20.7. The highest BCUT2D eigenvalue weighted by molar-refractivity contribution is 7.80. The van der Waals surface area contributed by atoms with E-state index in [2.05, 4.69) is 15.6 Å². The quantitative estimate of drug-likeness (QED) is 0.330. The number of carbonyl (C=O) groups is 1.